The van der Waals surface area contributed by atoms with Gasteiger partial charge in [0.1, 0.15) is 0 Å². The summed E-state index contributed by atoms with van der Waals surface area (Å²) in [7, 11) is 0. The molecule has 0 heterocycles. The second-order valence-corrected chi connectivity index (χ2v) is 4.07. The van der Waals surface area contributed by atoms with Crippen molar-refractivity contribution in [3.8, 4) is 0 Å². The van der Waals surface area contributed by atoms with Crippen LogP contribution in [-0.2, 0) is 12.8 Å². The van der Waals surface area contributed by atoms with Crippen molar-refractivity contribution in [3.05, 3.63) is 34.4 Å². The van der Waals surface area contributed by atoms with Crippen molar-refractivity contribution in [3.63, 3.8) is 0 Å². The van der Waals surface area contributed by atoms with Gasteiger partial charge < -0.3 is 10.8 Å². The SMILES string of the molecule is Cc1ccc(C(N)CO)c2c1CCC2. The van der Waals surface area contributed by atoms with Crippen LogP contribution in [0, 0.1) is 6.92 Å². The lowest BCUT2D eigenvalue weighted by atomic mass is 9.95. The molecule has 3 N–H and O–H groups in total. The molecule has 14 heavy (non-hydrogen) atoms. The maximum atomic E-state index is 9.06. The van der Waals surface area contributed by atoms with Crippen LogP contribution in [0.2, 0.25) is 0 Å². The minimum atomic E-state index is -0.206. The van der Waals surface area contributed by atoms with Crippen LogP contribution < -0.4 is 5.73 Å². The first-order valence-electron chi connectivity index (χ1n) is 5.21. The smallest absolute Gasteiger partial charge is 0.0624 e. The topological polar surface area (TPSA) is 46.2 Å². The average molecular weight is 191 g/mol. The molecule has 0 aromatic heterocycles. The molecular weight excluding hydrogens is 174 g/mol. The van der Waals surface area contributed by atoms with E-state index in [9.17, 15) is 0 Å². The van der Waals surface area contributed by atoms with Crippen LogP contribution in [0.4, 0.5) is 0 Å². The number of hydrogen-bond donors (Lipinski definition) is 2. The molecule has 1 aromatic carbocycles. The van der Waals surface area contributed by atoms with E-state index in [-0.39, 0.29) is 12.6 Å². The van der Waals surface area contributed by atoms with Crippen LogP contribution in [0.1, 0.15) is 34.7 Å². The first-order valence-corrected chi connectivity index (χ1v) is 5.21. The third-order valence-corrected chi connectivity index (χ3v) is 3.15. The lowest BCUT2D eigenvalue weighted by Crippen LogP contribution is -2.16. The van der Waals surface area contributed by atoms with E-state index in [4.69, 9.17) is 10.8 Å². The molecule has 1 aliphatic carbocycles. The Hall–Kier alpha value is -0.860. The molecule has 0 amide bonds. The third kappa shape index (κ3) is 1.45. The van der Waals surface area contributed by atoms with Crippen LogP contribution in [0.5, 0.6) is 0 Å². The summed E-state index contributed by atoms with van der Waals surface area (Å²) in [5.41, 5.74) is 11.2. The number of benzene rings is 1. The van der Waals surface area contributed by atoms with E-state index in [1.807, 2.05) is 0 Å². The van der Waals surface area contributed by atoms with Gasteiger partial charge in [-0.05, 0) is 48.4 Å². The lowest BCUT2D eigenvalue weighted by molar-refractivity contribution is 0.267. The highest BCUT2D eigenvalue weighted by Crippen LogP contribution is 2.30. The average Bonchev–Trinajstić information content (AvgIpc) is 2.67. The molecule has 1 aromatic rings. The van der Waals surface area contributed by atoms with Gasteiger partial charge in [0.2, 0.25) is 0 Å². The van der Waals surface area contributed by atoms with Crippen LogP contribution in [0.25, 0.3) is 0 Å². The largest absolute Gasteiger partial charge is 0.394 e. The quantitative estimate of drug-likeness (QED) is 0.743. The molecule has 1 atom stereocenters. The van der Waals surface area contributed by atoms with Crippen molar-refractivity contribution in [2.75, 3.05) is 6.61 Å². The normalized spacial score (nSPS) is 16.8. The summed E-state index contributed by atoms with van der Waals surface area (Å²) < 4.78 is 0. The number of hydrogen-bond acceptors (Lipinski definition) is 2. The zero-order valence-corrected chi connectivity index (χ0v) is 8.59. The van der Waals surface area contributed by atoms with E-state index < -0.39 is 0 Å². The predicted molar refractivity (Wildman–Crippen MR) is 57.2 cm³/mol. The fraction of sp³-hybridized carbons (Fsp3) is 0.500. The maximum Gasteiger partial charge on any atom is 0.0624 e. The predicted octanol–water partition coefficient (Wildman–Crippen LogP) is 1.48. The summed E-state index contributed by atoms with van der Waals surface area (Å²) in [6.45, 7) is 2.19. The molecule has 2 heteroatoms. The van der Waals surface area contributed by atoms with Gasteiger partial charge in [0.05, 0.1) is 12.6 Å². The standard InChI is InChI=1S/C12H17NO/c1-8-5-6-11(12(13)7-14)10-4-2-3-9(8)10/h5-6,12,14H,2-4,7,13H2,1H3. The lowest BCUT2D eigenvalue weighted by Gasteiger charge is -2.15. The summed E-state index contributed by atoms with van der Waals surface area (Å²) in [5.74, 6) is 0. The summed E-state index contributed by atoms with van der Waals surface area (Å²) >= 11 is 0. The summed E-state index contributed by atoms with van der Waals surface area (Å²) in [5, 5.41) is 9.06. The van der Waals surface area contributed by atoms with E-state index in [1.165, 1.54) is 29.5 Å². The second-order valence-electron chi connectivity index (χ2n) is 4.07. The van der Waals surface area contributed by atoms with Crippen molar-refractivity contribution < 1.29 is 5.11 Å². The molecule has 0 bridgehead atoms. The molecule has 1 aliphatic rings. The molecule has 0 spiro atoms. The summed E-state index contributed by atoms with van der Waals surface area (Å²) in [4.78, 5) is 0. The van der Waals surface area contributed by atoms with Gasteiger partial charge >= 0.3 is 0 Å². The number of rotatable bonds is 2. The Morgan fingerprint density at radius 2 is 2.07 bits per heavy atom. The summed E-state index contributed by atoms with van der Waals surface area (Å²) in [6, 6.07) is 3.98. The van der Waals surface area contributed by atoms with Gasteiger partial charge in [0.25, 0.3) is 0 Å². The van der Waals surface area contributed by atoms with E-state index in [1.54, 1.807) is 0 Å². The zero-order chi connectivity index (χ0) is 10.1. The molecule has 0 saturated carbocycles. The van der Waals surface area contributed by atoms with Gasteiger partial charge in [0, 0.05) is 0 Å². The first-order chi connectivity index (χ1) is 6.74. The van der Waals surface area contributed by atoms with Crippen LogP contribution in [0.15, 0.2) is 12.1 Å². The van der Waals surface area contributed by atoms with Gasteiger partial charge in [-0.1, -0.05) is 12.1 Å². The van der Waals surface area contributed by atoms with Crippen molar-refractivity contribution >= 4 is 0 Å². The second kappa shape index (κ2) is 3.71. The van der Waals surface area contributed by atoms with E-state index in [2.05, 4.69) is 19.1 Å². The molecule has 0 aliphatic heterocycles. The maximum absolute atomic E-state index is 9.06. The Labute approximate surface area is 84.7 Å². The van der Waals surface area contributed by atoms with Crippen molar-refractivity contribution in [1.82, 2.24) is 0 Å². The zero-order valence-electron chi connectivity index (χ0n) is 8.59. The van der Waals surface area contributed by atoms with Gasteiger partial charge in [0.15, 0.2) is 0 Å². The molecule has 0 fully saturated rings. The number of aliphatic hydroxyl groups is 1. The fourth-order valence-electron chi connectivity index (χ4n) is 2.36. The molecule has 76 valence electrons. The van der Waals surface area contributed by atoms with Crippen LogP contribution in [-0.4, -0.2) is 11.7 Å². The van der Waals surface area contributed by atoms with Crippen molar-refractivity contribution in [2.24, 2.45) is 5.73 Å². The van der Waals surface area contributed by atoms with Gasteiger partial charge in [-0.15, -0.1) is 0 Å². The minimum absolute atomic E-state index is 0.0372. The Morgan fingerprint density at radius 1 is 1.36 bits per heavy atom. The molecule has 2 rings (SSSR count). The molecule has 1 unspecified atom stereocenters. The fourth-order valence-corrected chi connectivity index (χ4v) is 2.36. The molecule has 2 nitrogen and oxygen atoms in total. The van der Waals surface area contributed by atoms with Crippen molar-refractivity contribution in [2.45, 2.75) is 32.2 Å². The highest BCUT2D eigenvalue weighted by molar-refractivity contribution is 5.44. The highest BCUT2D eigenvalue weighted by Gasteiger charge is 2.19. The van der Waals surface area contributed by atoms with Gasteiger partial charge in [-0.25, -0.2) is 0 Å². The monoisotopic (exact) mass is 191 g/mol. The number of nitrogens with two attached hydrogens (primary N) is 1. The van der Waals surface area contributed by atoms with Crippen molar-refractivity contribution in [1.29, 1.82) is 0 Å². The van der Waals surface area contributed by atoms with E-state index in [0.29, 0.717) is 0 Å². The number of aryl methyl sites for hydroxylation is 1. The number of fused-ring (bicyclic) bond motifs is 1. The molecular formula is C12H17NO. The minimum Gasteiger partial charge on any atom is -0.394 e. The Balaban J connectivity index is 2.48. The highest BCUT2D eigenvalue weighted by atomic mass is 16.3. The first kappa shape index (κ1) is 9.69. The summed E-state index contributed by atoms with van der Waals surface area (Å²) in [6.07, 6.45) is 3.53. The van der Waals surface area contributed by atoms with Gasteiger partial charge in [-0.3, -0.25) is 0 Å². The van der Waals surface area contributed by atoms with Crippen LogP contribution >= 0.6 is 0 Å². The molecule has 0 saturated heterocycles. The Morgan fingerprint density at radius 3 is 2.79 bits per heavy atom. The van der Waals surface area contributed by atoms with Crippen LogP contribution in [0.3, 0.4) is 0 Å². The Bertz CT molecular complexity index is 346. The Kier molecular flexibility index (Phi) is 2.57. The third-order valence-electron chi connectivity index (χ3n) is 3.15. The molecule has 0 radical (unpaired) electrons. The number of aliphatic hydroxyl groups excluding tert-OH is 1. The van der Waals surface area contributed by atoms with E-state index in [0.717, 1.165) is 12.0 Å². The van der Waals surface area contributed by atoms with Gasteiger partial charge in [-0.2, -0.15) is 0 Å². The van der Waals surface area contributed by atoms with E-state index >= 15 is 0 Å².